The summed E-state index contributed by atoms with van der Waals surface area (Å²) in [6, 6.07) is 10.0. The molecule has 3 rings (SSSR count). The largest absolute Gasteiger partial charge is 0.261 e. The summed E-state index contributed by atoms with van der Waals surface area (Å²) in [4.78, 5) is 4.61. The third-order valence-electron chi connectivity index (χ3n) is 5.48. The molecule has 2 aromatic rings. The minimum atomic E-state index is -1.50. The molecular weight excluding hydrogens is 297 g/mol. The second kappa shape index (κ2) is 5.68. The van der Waals surface area contributed by atoms with Gasteiger partial charge in [0.05, 0.1) is 0 Å². The number of pyridine rings is 1. The van der Waals surface area contributed by atoms with Gasteiger partial charge in [-0.2, -0.15) is 0 Å². The molecule has 1 atom stereocenters. The standard InChI is InChI=1S/C22H28FN/c1-14(2)17-11-12-24-20(15(3)4)19(17)22(23)18-10-8-7-9-16(18)13-21(22,5)6/h7-12,14-15H,13H2,1-6H3. The molecule has 0 fully saturated rings. The highest BCUT2D eigenvalue weighted by molar-refractivity contribution is 5.53. The van der Waals surface area contributed by atoms with Gasteiger partial charge >= 0.3 is 0 Å². The topological polar surface area (TPSA) is 12.9 Å². The van der Waals surface area contributed by atoms with E-state index in [2.05, 4.69) is 38.7 Å². The fraction of sp³-hybridized carbons (Fsp3) is 0.500. The minimum Gasteiger partial charge on any atom is -0.261 e. The van der Waals surface area contributed by atoms with Crippen LogP contribution >= 0.6 is 0 Å². The first-order valence-electron chi connectivity index (χ1n) is 8.96. The summed E-state index contributed by atoms with van der Waals surface area (Å²) >= 11 is 0. The molecule has 2 heteroatoms. The number of rotatable bonds is 3. The van der Waals surface area contributed by atoms with Crippen molar-refractivity contribution in [2.75, 3.05) is 0 Å². The molecule has 1 aliphatic carbocycles. The molecule has 1 nitrogen and oxygen atoms in total. The van der Waals surface area contributed by atoms with Crippen LogP contribution in [0.15, 0.2) is 36.5 Å². The van der Waals surface area contributed by atoms with Gasteiger partial charge in [0, 0.05) is 22.9 Å². The van der Waals surface area contributed by atoms with Crippen molar-refractivity contribution in [1.29, 1.82) is 0 Å². The molecule has 0 saturated carbocycles. The zero-order chi connectivity index (χ0) is 17.7. The number of alkyl halides is 1. The quantitative estimate of drug-likeness (QED) is 0.662. The van der Waals surface area contributed by atoms with Crippen LogP contribution in [0.4, 0.5) is 4.39 Å². The Morgan fingerprint density at radius 2 is 1.67 bits per heavy atom. The van der Waals surface area contributed by atoms with Crippen LogP contribution < -0.4 is 0 Å². The number of benzene rings is 1. The Balaban J connectivity index is 2.39. The molecule has 0 bridgehead atoms. The maximum atomic E-state index is 17.0. The second-order valence-corrected chi connectivity index (χ2v) is 8.35. The fourth-order valence-corrected chi connectivity index (χ4v) is 4.23. The lowest BCUT2D eigenvalue weighted by Gasteiger charge is -2.39. The molecule has 1 unspecified atom stereocenters. The molecule has 128 valence electrons. The number of nitrogens with zero attached hydrogens (tertiary/aromatic N) is 1. The lowest BCUT2D eigenvalue weighted by molar-refractivity contribution is 0.0702. The Bertz CT molecular complexity index is 734. The molecule has 0 amide bonds. The number of fused-ring (bicyclic) bond motifs is 1. The summed E-state index contributed by atoms with van der Waals surface area (Å²) in [5.74, 6) is 0.451. The normalized spacial score (nSPS) is 22.2. The van der Waals surface area contributed by atoms with Gasteiger partial charge in [0.1, 0.15) is 0 Å². The first-order chi connectivity index (χ1) is 11.2. The summed E-state index contributed by atoms with van der Waals surface area (Å²) in [6.45, 7) is 12.6. The highest BCUT2D eigenvalue weighted by atomic mass is 19.1. The first kappa shape index (κ1) is 17.1. The third kappa shape index (κ3) is 2.30. The summed E-state index contributed by atoms with van der Waals surface area (Å²) < 4.78 is 17.0. The zero-order valence-electron chi connectivity index (χ0n) is 15.7. The van der Waals surface area contributed by atoms with E-state index in [-0.39, 0.29) is 11.8 Å². The highest BCUT2D eigenvalue weighted by Gasteiger charge is 2.56. The van der Waals surface area contributed by atoms with E-state index in [0.29, 0.717) is 0 Å². The third-order valence-corrected chi connectivity index (χ3v) is 5.48. The van der Waals surface area contributed by atoms with Gasteiger partial charge in [-0.15, -0.1) is 0 Å². The molecule has 0 saturated heterocycles. The predicted molar refractivity (Wildman–Crippen MR) is 98.2 cm³/mol. The molecule has 0 aliphatic heterocycles. The van der Waals surface area contributed by atoms with Crippen molar-refractivity contribution >= 4 is 0 Å². The van der Waals surface area contributed by atoms with Gasteiger partial charge in [-0.1, -0.05) is 65.8 Å². The van der Waals surface area contributed by atoms with E-state index in [1.807, 2.05) is 44.3 Å². The van der Waals surface area contributed by atoms with Crippen LogP contribution in [-0.4, -0.2) is 4.98 Å². The summed E-state index contributed by atoms with van der Waals surface area (Å²) in [7, 11) is 0. The highest BCUT2D eigenvalue weighted by Crippen LogP contribution is 2.58. The number of hydrogen-bond donors (Lipinski definition) is 0. The van der Waals surface area contributed by atoms with Crippen LogP contribution in [0.25, 0.3) is 0 Å². The summed E-state index contributed by atoms with van der Waals surface area (Å²) in [5, 5.41) is 0. The zero-order valence-corrected chi connectivity index (χ0v) is 15.7. The minimum absolute atomic E-state index is 0.190. The Kier molecular flexibility index (Phi) is 4.06. The van der Waals surface area contributed by atoms with Crippen molar-refractivity contribution in [2.24, 2.45) is 5.41 Å². The lowest BCUT2D eigenvalue weighted by Crippen LogP contribution is -2.38. The molecule has 1 aromatic carbocycles. The van der Waals surface area contributed by atoms with Gasteiger partial charge in [-0.3, -0.25) is 4.98 Å². The van der Waals surface area contributed by atoms with E-state index in [4.69, 9.17) is 0 Å². The first-order valence-corrected chi connectivity index (χ1v) is 8.96. The maximum absolute atomic E-state index is 17.0. The van der Waals surface area contributed by atoms with Crippen molar-refractivity contribution in [2.45, 2.75) is 65.5 Å². The number of halogens is 1. The van der Waals surface area contributed by atoms with E-state index in [1.165, 1.54) is 0 Å². The van der Waals surface area contributed by atoms with E-state index in [9.17, 15) is 0 Å². The van der Waals surface area contributed by atoms with Crippen LogP contribution in [0.3, 0.4) is 0 Å². The summed E-state index contributed by atoms with van der Waals surface area (Å²) in [5.41, 5.74) is 2.74. The molecule has 0 radical (unpaired) electrons. The molecule has 24 heavy (non-hydrogen) atoms. The summed E-state index contributed by atoms with van der Waals surface area (Å²) in [6.07, 6.45) is 2.59. The van der Waals surface area contributed by atoms with E-state index in [0.717, 1.165) is 34.4 Å². The lowest BCUT2D eigenvalue weighted by atomic mass is 9.69. The van der Waals surface area contributed by atoms with Crippen molar-refractivity contribution in [1.82, 2.24) is 4.98 Å². The smallest absolute Gasteiger partial charge is 0.168 e. The van der Waals surface area contributed by atoms with Crippen molar-refractivity contribution in [3.05, 3.63) is 64.5 Å². The average Bonchev–Trinajstić information content (AvgIpc) is 2.73. The van der Waals surface area contributed by atoms with E-state index in [1.54, 1.807) is 0 Å². The van der Waals surface area contributed by atoms with E-state index < -0.39 is 11.1 Å². The molecule has 0 spiro atoms. The van der Waals surface area contributed by atoms with Gasteiger partial charge in [0.2, 0.25) is 0 Å². The van der Waals surface area contributed by atoms with Crippen molar-refractivity contribution < 1.29 is 4.39 Å². The van der Waals surface area contributed by atoms with Crippen LogP contribution in [0.5, 0.6) is 0 Å². The van der Waals surface area contributed by atoms with E-state index >= 15 is 4.39 Å². The Hall–Kier alpha value is -1.70. The van der Waals surface area contributed by atoms with Gasteiger partial charge in [-0.05, 0) is 41.0 Å². The number of hydrogen-bond acceptors (Lipinski definition) is 1. The molecule has 1 aromatic heterocycles. The molecule has 1 heterocycles. The van der Waals surface area contributed by atoms with Crippen LogP contribution in [0.1, 0.15) is 81.3 Å². The second-order valence-electron chi connectivity index (χ2n) is 8.35. The SMILES string of the molecule is CC(C)c1ccnc(C(C)C)c1C1(F)c2ccccc2CC1(C)C. The average molecular weight is 325 g/mol. The van der Waals surface area contributed by atoms with Crippen molar-refractivity contribution in [3.8, 4) is 0 Å². The van der Waals surface area contributed by atoms with Crippen LogP contribution in [0.2, 0.25) is 0 Å². The van der Waals surface area contributed by atoms with Gasteiger partial charge in [-0.25, -0.2) is 4.39 Å². The van der Waals surface area contributed by atoms with Crippen LogP contribution in [0, 0.1) is 5.41 Å². The van der Waals surface area contributed by atoms with Crippen molar-refractivity contribution in [3.63, 3.8) is 0 Å². The molecular formula is C22H28FN. The van der Waals surface area contributed by atoms with Gasteiger partial charge in [0.15, 0.2) is 5.67 Å². The monoisotopic (exact) mass is 325 g/mol. The fourth-order valence-electron chi connectivity index (χ4n) is 4.23. The predicted octanol–water partition coefficient (Wildman–Crippen LogP) is 6.12. The maximum Gasteiger partial charge on any atom is 0.168 e. The molecule has 0 N–H and O–H groups in total. The number of aromatic nitrogens is 1. The Morgan fingerprint density at radius 1 is 1.00 bits per heavy atom. The molecule has 1 aliphatic rings. The van der Waals surface area contributed by atoms with Crippen LogP contribution in [-0.2, 0) is 12.1 Å². The van der Waals surface area contributed by atoms with Gasteiger partial charge in [0.25, 0.3) is 0 Å². The van der Waals surface area contributed by atoms with Gasteiger partial charge < -0.3 is 0 Å². The Labute approximate surface area is 145 Å². The Morgan fingerprint density at radius 3 is 2.29 bits per heavy atom.